The number of rotatable bonds is 3. The number of hydrogen-bond donors (Lipinski definition) is 0. The third-order valence-electron chi connectivity index (χ3n) is 2.98. The summed E-state index contributed by atoms with van der Waals surface area (Å²) < 4.78 is 5.54. The summed E-state index contributed by atoms with van der Waals surface area (Å²) in [5, 5.41) is 0. The van der Waals surface area contributed by atoms with Gasteiger partial charge in [-0.25, -0.2) is 0 Å². The lowest BCUT2D eigenvalue weighted by atomic mass is 9.98. The number of ether oxygens (including phenoxy) is 1. The monoisotopic (exact) mass is 216 g/mol. The quantitative estimate of drug-likeness (QED) is 0.573. The van der Waals surface area contributed by atoms with E-state index in [4.69, 9.17) is 4.74 Å². The van der Waals surface area contributed by atoms with Crippen molar-refractivity contribution in [3.05, 3.63) is 41.0 Å². The Hall–Kier alpha value is -1.57. The maximum absolute atomic E-state index is 12.2. The topological polar surface area (TPSA) is 26.3 Å². The van der Waals surface area contributed by atoms with Crippen molar-refractivity contribution in [3.8, 4) is 5.75 Å². The van der Waals surface area contributed by atoms with Crippen LogP contribution in [0.4, 0.5) is 0 Å². The van der Waals surface area contributed by atoms with Crippen LogP contribution in [0.5, 0.6) is 5.75 Å². The molecule has 2 nitrogen and oxygen atoms in total. The lowest BCUT2D eigenvalue weighted by Gasteiger charge is -2.08. The molecule has 84 valence electrons. The lowest BCUT2D eigenvalue weighted by molar-refractivity contribution is 0.102. The molecule has 0 atom stereocenters. The van der Waals surface area contributed by atoms with E-state index in [0.29, 0.717) is 12.2 Å². The Balaban J connectivity index is 2.42. The minimum absolute atomic E-state index is 0.101. The van der Waals surface area contributed by atoms with Gasteiger partial charge in [-0.3, -0.25) is 4.79 Å². The zero-order valence-corrected chi connectivity index (χ0v) is 9.75. The molecule has 1 aliphatic rings. The van der Waals surface area contributed by atoms with Crippen molar-refractivity contribution in [1.29, 1.82) is 0 Å². The molecule has 1 aromatic rings. The standard InChI is InChI=1S/C14H16O2/c1-3-10(4-2)13(15)12-7-5-6-11-8-9-16-14(11)12/h3,5-7H,4,8-9H2,1-2H3/b10-3-. The van der Waals surface area contributed by atoms with Crippen molar-refractivity contribution < 1.29 is 9.53 Å². The van der Waals surface area contributed by atoms with Crippen molar-refractivity contribution in [1.82, 2.24) is 0 Å². The molecular weight excluding hydrogens is 200 g/mol. The molecule has 16 heavy (non-hydrogen) atoms. The molecule has 0 unspecified atom stereocenters. The van der Waals surface area contributed by atoms with Gasteiger partial charge in [0.2, 0.25) is 0 Å². The molecule has 2 heteroatoms. The van der Waals surface area contributed by atoms with Crippen molar-refractivity contribution in [3.63, 3.8) is 0 Å². The van der Waals surface area contributed by atoms with Crippen LogP contribution < -0.4 is 4.74 Å². The Kier molecular flexibility index (Phi) is 3.09. The van der Waals surface area contributed by atoms with Gasteiger partial charge >= 0.3 is 0 Å². The van der Waals surface area contributed by atoms with E-state index in [1.165, 1.54) is 0 Å². The first-order chi connectivity index (χ1) is 7.77. The number of fused-ring (bicyclic) bond motifs is 1. The smallest absolute Gasteiger partial charge is 0.192 e. The largest absolute Gasteiger partial charge is 0.492 e. The first-order valence-corrected chi connectivity index (χ1v) is 5.72. The predicted molar refractivity (Wildman–Crippen MR) is 64.0 cm³/mol. The molecule has 1 heterocycles. The average Bonchev–Trinajstić information content (AvgIpc) is 2.78. The van der Waals surface area contributed by atoms with E-state index >= 15 is 0 Å². The normalized spacial score (nSPS) is 14.5. The maximum Gasteiger partial charge on any atom is 0.192 e. The van der Waals surface area contributed by atoms with Crippen LogP contribution in [0.3, 0.4) is 0 Å². The summed E-state index contributed by atoms with van der Waals surface area (Å²) in [6.45, 7) is 4.59. The summed E-state index contributed by atoms with van der Waals surface area (Å²) in [7, 11) is 0. The minimum atomic E-state index is 0.101. The van der Waals surface area contributed by atoms with Gasteiger partial charge in [0.15, 0.2) is 5.78 Å². The number of para-hydroxylation sites is 1. The first-order valence-electron chi connectivity index (χ1n) is 5.72. The fourth-order valence-electron chi connectivity index (χ4n) is 2.06. The van der Waals surface area contributed by atoms with E-state index < -0.39 is 0 Å². The summed E-state index contributed by atoms with van der Waals surface area (Å²) in [6, 6.07) is 5.82. The third kappa shape index (κ3) is 1.75. The van der Waals surface area contributed by atoms with Crippen molar-refractivity contribution in [2.45, 2.75) is 26.7 Å². The van der Waals surface area contributed by atoms with Crippen molar-refractivity contribution >= 4 is 5.78 Å². The number of carbonyl (C=O) groups excluding carboxylic acids is 1. The molecule has 2 rings (SSSR count). The average molecular weight is 216 g/mol. The predicted octanol–water partition coefficient (Wildman–Crippen LogP) is 3.16. The van der Waals surface area contributed by atoms with Crippen LogP contribution in [0.25, 0.3) is 0 Å². The van der Waals surface area contributed by atoms with Crippen LogP contribution in [0.2, 0.25) is 0 Å². The van der Waals surface area contributed by atoms with E-state index in [1.807, 2.05) is 38.1 Å². The zero-order chi connectivity index (χ0) is 11.5. The fourth-order valence-corrected chi connectivity index (χ4v) is 2.06. The van der Waals surface area contributed by atoms with Crippen LogP contribution in [0.15, 0.2) is 29.8 Å². The summed E-state index contributed by atoms with van der Waals surface area (Å²) in [4.78, 5) is 12.2. The molecule has 0 bridgehead atoms. The highest BCUT2D eigenvalue weighted by Crippen LogP contribution is 2.31. The summed E-state index contributed by atoms with van der Waals surface area (Å²) >= 11 is 0. The molecule has 0 saturated carbocycles. The fraction of sp³-hybridized carbons (Fsp3) is 0.357. The number of allylic oxidation sites excluding steroid dienone is 2. The summed E-state index contributed by atoms with van der Waals surface area (Å²) in [5.74, 6) is 0.893. The Bertz CT molecular complexity index is 444. The summed E-state index contributed by atoms with van der Waals surface area (Å²) in [6.07, 6.45) is 3.56. The molecule has 0 aromatic heterocycles. The molecule has 1 aromatic carbocycles. The molecule has 0 radical (unpaired) electrons. The van der Waals surface area contributed by atoms with Gasteiger partial charge in [-0.2, -0.15) is 0 Å². The second-order valence-electron chi connectivity index (χ2n) is 3.89. The highest BCUT2D eigenvalue weighted by molar-refractivity contribution is 6.10. The van der Waals surface area contributed by atoms with Gasteiger partial charge in [0, 0.05) is 6.42 Å². The minimum Gasteiger partial charge on any atom is -0.492 e. The lowest BCUT2D eigenvalue weighted by Crippen LogP contribution is -2.04. The van der Waals surface area contributed by atoms with E-state index in [2.05, 4.69) is 0 Å². The molecular formula is C14H16O2. The van der Waals surface area contributed by atoms with E-state index in [1.54, 1.807) is 0 Å². The molecule has 0 spiro atoms. The molecule has 1 aliphatic heterocycles. The number of benzene rings is 1. The number of hydrogen-bond acceptors (Lipinski definition) is 2. The maximum atomic E-state index is 12.2. The van der Waals surface area contributed by atoms with Crippen molar-refractivity contribution in [2.24, 2.45) is 0 Å². The van der Waals surface area contributed by atoms with E-state index in [9.17, 15) is 4.79 Å². The Morgan fingerprint density at radius 1 is 1.50 bits per heavy atom. The number of Topliss-reactive ketones (excluding diaryl/α,β-unsaturated/α-hetero) is 1. The third-order valence-corrected chi connectivity index (χ3v) is 2.98. The van der Waals surface area contributed by atoms with Crippen LogP contribution in [0, 0.1) is 0 Å². The van der Waals surface area contributed by atoms with Crippen LogP contribution in [-0.2, 0) is 6.42 Å². The molecule has 0 amide bonds. The molecule has 0 fully saturated rings. The SMILES string of the molecule is C/C=C(/CC)C(=O)c1cccc2c1OCC2. The van der Waals surface area contributed by atoms with Gasteiger partial charge in [0.25, 0.3) is 0 Å². The second-order valence-corrected chi connectivity index (χ2v) is 3.89. The van der Waals surface area contributed by atoms with Gasteiger partial charge in [-0.15, -0.1) is 0 Å². The first kappa shape index (κ1) is 10.9. The Labute approximate surface area is 95.9 Å². The zero-order valence-electron chi connectivity index (χ0n) is 9.75. The molecule has 0 saturated heterocycles. The second kappa shape index (κ2) is 4.52. The van der Waals surface area contributed by atoms with Gasteiger partial charge < -0.3 is 4.74 Å². The van der Waals surface area contributed by atoms with Gasteiger partial charge in [0.05, 0.1) is 12.2 Å². The Morgan fingerprint density at radius 3 is 3.00 bits per heavy atom. The number of ketones is 1. The molecule has 0 aliphatic carbocycles. The van der Waals surface area contributed by atoms with Gasteiger partial charge in [-0.1, -0.05) is 25.1 Å². The van der Waals surface area contributed by atoms with E-state index in [0.717, 1.165) is 29.7 Å². The van der Waals surface area contributed by atoms with Crippen LogP contribution in [0.1, 0.15) is 36.2 Å². The van der Waals surface area contributed by atoms with Crippen molar-refractivity contribution in [2.75, 3.05) is 6.61 Å². The highest BCUT2D eigenvalue weighted by Gasteiger charge is 2.21. The summed E-state index contributed by atoms with van der Waals surface area (Å²) in [5.41, 5.74) is 2.71. The van der Waals surface area contributed by atoms with E-state index in [-0.39, 0.29) is 5.78 Å². The van der Waals surface area contributed by atoms with Crippen LogP contribution >= 0.6 is 0 Å². The van der Waals surface area contributed by atoms with Gasteiger partial charge in [0.1, 0.15) is 5.75 Å². The highest BCUT2D eigenvalue weighted by atomic mass is 16.5. The van der Waals surface area contributed by atoms with Gasteiger partial charge in [-0.05, 0) is 30.5 Å². The number of carbonyl (C=O) groups is 1. The van der Waals surface area contributed by atoms with Crippen LogP contribution in [-0.4, -0.2) is 12.4 Å². The Morgan fingerprint density at radius 2 is 2.31 bits per heavy atom. The molecule has 0 N–H and O–H groups in total.